The first-order valence-corrected chi connectivity index (χ1v) is 11.2. The molecule has 0 spiro atoms. The van der Waals surface area contributed by atoms with Gasteiger partial charge in [-0.2, -0.15) is 0 Å². The van der Waals surface area contributed by atoms with Crippen molar-refractivity contribution in [2.24, 2.45) is 17.5 Å². The number of esters is 1. The van der Waals surface area contributed by atoms with Gasteiger partial charge in [0.05, 0.1) is 23.9 Å². The molecule has 2 atom stereocenters. The minimum Gasteiger partial charge on any atom is -0.465 e. The highest BCUT2D eigenvalue weighted by Crippen LogP contribution is 2.52. The van der Waals surface area contributed by atoms with Gasteiger partial charge >= 0.3 is 13.1 Å². The monoisotopic (exact) mass is 452 g/mol. The Morgan fingerprint density at radius 1 is 1.24 bits per heavy atom. The van der Waals surface area contributed by atoms with E-state index < -0.39 is 18.3 Å². The number of benzene rings is 1. The van der Waals surface area contributed by atoms with E-state index in [0.29, 0.717) is 11.3 Å². The predicted octanol–water partition coefficient (Wildman–Crippen LogP) is 2.27. The molecule has 1 aliphatic carbocycles. The molecule has 0 radical (unpaired) electrons. The van der Waals surface area contributed by atoms with Crippen molar-refractivity contribution >= 4 is 18.6 Å². The van der Waals surface area contributed by atoms with Crippen molar-refractivity contribution < 1.29 is 18.8 Å². The van der Waals surface area contributed by atoms with E-state index >= 15 is 0 Å². The fourth-order valence-corrected chi connectivity index (χ4v) is 4.33. The lowest BCUT2D eigenvalue weighted by atomic mass is 9.79. The van der Waals surface area contributed by atoms with Gasteiger partial charge in [-0.15, -0.1) is 0 Å². The third-order valence-corrected chi connectivity index (χ3v) is 6.93. The number of methoxy groups -OCH3 is 1. The molecule has 1 aliphatic heterocycles. The van der Waals surface area contributed by atoms with E-state index in [4.69, 9.17) is 25.6 Å². The van der Waals surface area contributed by atoms with Gasteiger partial charge < -0.3 is 29.4 Å². The molecule has 1 saturated carbocycles. The van der Waals surface area contributed by atoms with Gasteiger partial charge in [-0.05, 0) is 57.8 Å². The molecule has 1 aromatic carbocycles. The molecule has 4 rings (SSSR count). The number of ether oxygens (including phenoxy) is 1. The number of aromatic nitrogens is 1. The van der Waals surface area contributed by atoms with Crippen LogP contribution in [0, 0.1) is 5.92 Å². The van der Waals surface area contributed by atoms with E-state index in [1.54, 1.807) is 19.3 Å². The summed E-state index contributed by atoms with van der Waals surface area (Å²) in [5.74, 6) is 5.57. The third kappa shape index (κ3) is 4.28. The van der Waals surface area contributed by atoms with E-state index in [0.717, 1.165) is 23.3 Å². The summed E-state index contributed by atoms with van der Waals surface area (Å²) in [6, 6.07) is 9.81. The summed E-state index contributed by atoms with van der Waals surface area (Å²) < 4.78 is 19.5. The highest BCUT2D eigenvalue weighted by Gasteiger charge is 2.52. The zero-order valence-electron chi connectivity index (χ0n) is 20.2. The highest BCUT2D eigenvalue weighted by atomic mass is 16.7. The molecule has 2 fully saturated rings. The van der Waals surface area contributed by atoms with Crippen LogP contribution in [0.5, 0.6) is 0 Å². The highest BCUT2D eigenvalue weighted by molar-refractivity contribution is 6.62. The average Bonchev–Trinajstić information content (AvgIpc) is 3.35. The maximum atomic E-state index is 12.5. The molecule has 9 heteroatoms. The summed E-state index contributed by atoms with van der Waals surface area (Å²) >= 11 is 0. The Kier molecular flexibility index (Phi) is 5.84. The van der Waals surface area contributed by atoms with Crippen LogP contribution >= 0.6 is 0 Å². The maximum Gasteiger partial charge on any atom is 0.494 e. The Morgan fingerprint density at radius 3 is 2.52 bits per heavy atom. The topological polar surface area (TPSA) is 105 Å². The molecule has 2 aromatic rings. The van der Waals surface area contributed by atoms with Crippen LogP contribution in [0.4, 0.5) is 0 Å². The van der Waals surface area contributed by atoms with Crippen LogP contribution in [0.2, 0.25) is 0 Å². The molecule has 2 aliphatic rings. The second-order valence-electron chi connectivity index (χ2n) is 9.90. The molecule has 1 aromatic heterocycles. The third-order valence-electron chi connectivity index (χ3n) is 6.93. The van der Waals surface area contributed by atoms with Gasteiger partial charge in [0.15, 0.2) is 0 Å². The zero-order chi connectivity index (χ0) is 24.1. The fraction of sp³-hybridized carbons (Fsp3) is 0.458. The number of nitrogens with zero attached hydrogens (tertiary/aromatic N) is 2. The molecule has 0 bridgehead atoms. The molecule has 1 saturated heterocycles. The lowest BCUT2D eigenvalue weighted by molar-refractivity contribution is 0.00578. The van der Waals surface area contributed by atoms with E-state index in [9.17, 15) is 4.79 Å². The Bertz CT molecular complexity index is 1080. The molecule has 8 nitrogen and oxygen atoms in total. The number of carbonyl (C=O) groups is 1. The number of allylic oxidation sites excluding steroid dienone is 1. The molecule has 1 unspecified atom stereocenters. The quantitative estimate of drug-likeness (QED) is 0.300. The summed E-state index contributed by atoms with van der Waals surface area (Å²) in [6.45, 7) is 8.14. The SMILES string of the molecule is COC(=O)c1ccn(-c2cccc(B3OC(C)(C)C(C)(C)O3)c2)c1[C@@H]1CC1/C(N)=C/N(C)N. The molecule has 2 heterocycles. The largest absolute Gasteiger partial charge is 0.494 e. The first-order chi connectivity index (χ1) is 15.4. The first-order valence-electron chi connectivity index (χ1n) is 11.2. The maximum absolute atomic E-state index is 12.5. The average molecular weight is 452 g/mol. The van der Waals surface area contributed by atoms with Crippen LogP contribution in [-0.4, -0.2) is 48.0 Å². The summed E-state index contributed by atoms with van der Waals surface area (Å²) in [5.41, 5.74) is 9.36. The summed E-state index contributed by atoms with van der Waals surface area (Å²) in [4.78, 5) is 12.5. The normalized spacial score (nSPS) is 23.5. The lowest BCUT2D eigenvalue weighted by Crippen LogP contribution is -2.41. The smallest absolute Gasteiger partial charge is 0.465 e. The molecular formula is C24H33BN4O4. The predicted molar refractivity (Wildman–Crippen MR) is 128 cm³/mol. The number of rotatable bonds is 6. The van der Waals surface area contributed by atoms with Crippen LogP contribution in [0.25, 0.3) is 5.69 Å². The summed E-state index contributed by atoms with van der Waals surface area (Å²) in [7, 11) is 2.65. The van der Waals surface area contributed by atoms with Crippen molar-refractivity contribution in [3.05, 3.63) is 59.7 Å². The Morgan fingerprint density at radius 2 is 1.91 bits per heavy atom. The molecule has 33 heavy (non-hydrogen) atoms. The number of carbonyl (C=O) groups excluding carboxylic acids is 1. The standard InChI is InChI=1S/C24H33BN4O4/c1-23(2)24(3,4)33-25(32-23)15-8-7-9-16(12-15)29-11-10-17(22(30)31-6)21(29)19-13-18(19)20(26)14-28(5)27/h7-12,14,18-19H,13,26-27H2,1-6H3/b20-14-/t18?,19-/m1/s1. The molecule has 176 valence electrons. The van der Waals surface area contributed by atoms with Crippen LogP contribution < -0.4 is 17.0 Å². The molecule has 4 N–H and O–H groups in total. The zero-order valence-corrected chi connectivity index (χ0v) is 20.2. The second kappa shape index (κ2) is 8.24. The first kappa shape index (κ1) is 23.4. The minimum atomic E-state index is -0.471. The van der Waals surface area contributed by atoms with Gasteiger partial charge in [0.1, 0.15) is 0 Å². The van der Waals surface area contributed by atoms with Crippen molar-refractivity contribution in [2.45, 2.75) is 51.2 Å². The minimum absolute atomic E-state index is 0.0887. The fourth-order valence-electron chi connectivity index (χ4n) is 4.33. The number of nitrogens with two attached hydrogens (primary N) is 2. The van der Waals surface area contributed by atoms with E-state index in [1.165, 1.54) is 12.1 Å². The van der Waals surface area contributed by atoms with Crippen LogP contribution in [-0.2, 0) is 14.0 Å². The van der Waals surface area contributed by atoms with Crippen molar-refractivity contribution in [3.63, 3.8) is 0 Å². The molecular weight excluding hydrogens is 419 g/mol. The van der Waals surface area contributed by atoms with Gasteiger partial charge in [-0.3, -0.25) is 0 Å². The summed E-state index contributed by atoms with van der Waals surface area (Å²) in [6.07, 6.45) is 4.45. The number of hydrazine groups is 1. The Labute approximate surface area is 195 Å². The van der Waals surface area contributed by atoms with Crippen molar-refractivity contribution in [2.75, 3.05) is 14.2 Å². The van der Waals surface area contributed by atoms with Crippen molar-refractivity contribution in [1.29, 1.82) is 0 Å². The Balaban J connectivity index is 1.70. The second-order valence-corrected chi connectivity index (χ2v) is 9.90. The van der Waals surface area contributed by atoms with Gasteiger partial charge in [0, 0.05) is 48.4 Å². The van der Waals surface area contributed by atoms with Crippen molar-refractivity contribution in [3.8, 4) is 5.69 Å². The van der Waals surface area contributed by atoms with Crippen molar-refractivity contribution in [1.82, 2.24) is 9.58 Å². The van der Waals surface area contributed by atoms with Gasteiger partial charge in [0.2, 0.25) is 0 Å². The van der Waals surface area contributed by atoms with Crippen LogP contribution in [0.15, 0.2) is 48.4 Å². The number of hydrogen-bond acceptors (Lipinski definition) is 7. The van der Waals surface area contributed by atoms with Gasteiger partial charge in [-0.25, -0.2) is 10.6 Å². The lowest BCUT2D eigenvalue weighted by Gasteiger charge is -2.32. The Hall–Kier alpha value is -2.75. The number of hydrogen-bond donors (Lipinski definition) is 2. The molecule has 0 amide bonds. The van der Waals surface area contributed by atoms with Gasteiger partial charge in [-0.1, -0.05) is 12.1 Å². The summed E-state index contributed by atoms with van der Waals surface area (Å²) in [5, 5.41) is 1.44. The van der Waals surface area contributed by atoms with Crippen LogP contribution in [0.1, 0.15) is 56.1 Å². The van der Waals surface area contributed by atoms with E-state index in [1.807, 2.05) is 62.7 Å². The van der Waals surface area contributed by atoms with Crippen LogP contribution in [0.3, 0.4) is 0 Å². The van der Waals surface area contributed by atoms with E-state index in [-0.39, 0.29) is 17.8 Å². The van der Waals surface area contributed by atoms with E-state index in [2.05, 4.69) is 0 Å². The van der Waals surface area contributed by atoms with Gasteiger partial charge in [0.25, 0.3) is 0 Å².